The van der Waals surface area contributed by atoms with E-state index in [1.165, 1.54) is 11.1 Å². The Morgan fingerprint density at radius 2 is 1.95 bits per heavy atom. The first-order valence-electron chi connectivity index (χ1n) is 6.23. The monoisotopic (exact) mass is 284 g/mol. The third kappa shape index (κ3) is 3.86. The summed E-state index contributed by atoms with van der Waals surface area (Å²) in [5.74, 6) is 0. The van der Waals surface area contributed by atoms with Gasteiger partial charge in [-0.05, 0) is 61.0 Å². The SMILES string of the molecule is Cc1cccc(NC(=S)NN=Cc2ccncc2)c1C. The molecule has 0 bridgehead atoms. The number of benzene rings is 1. The Balaban J connectivity index is 1.93. The van der Waals surface area contributed by atoms with Crippen LogP contribution >= 0.6 is 12.2 Å². The molecule has 0 saturated heterocycles. The van der Waals surface area contributed by atoms with Crippen LogP contribution in [0.25, 0.3) is 0 Å². The van der Waals surface area contributed by atoms with Crippen LogP contribution in [0.15, 0.2) is 47.8 Å². The standard InChI is InChI=1S/C15H16N4S/c1-11-4-3-5-14(12(11)2)18-15(20)19-17-10-13-6-8-16-9-7-13/h3-10H,1-2H3,(H2,18,19,20). The predicted octanol–water partition coefficient (Wildman–Crippen LogP) is 3.02. The molecule has 2 aromatic rings. The fourth-order valence-electron chi connectivity index (χ4n) is 1.65. The summed E-state index contributed by atoms with van der Waals surface area (Å²) in [5.41, 5.74) is 7.14. The molecule has 1 aromatic carbocycles. The van der Waals surface area contributed by atoms with Crippen molar-refractivity contribution in [3.63, 3.8) is 0 Å². The van der Waals surface area contributed by atoms with Crippen LogP contribution in [0.2, 0.25) is 0 Å². The largest absolute Gasteiger partial charge is 0.331 e. The Labute approximate surface area is 123 Å². The lowest BCUT2D eigenvalue weighted by Gasteiger charge is -2.11. The second-order valence-corrected chi connectivity index (χ2v) is 4.76. The molecule has 0 spiro atoms. The van der Waals surface area contributed by atoms with Crippen LogP contribution in [-0.4, -0.2) is 16.3 Å². The predicted molar refractivity (Wildman–Crippen MR) is 87.1 cm³/mol. The zero-order valence-corrected chi connectivity index (χ0v) is 12.2. The number of anilines is 1. The van der Waals surface area contributed by atoms with Crippen LogP contribution in [0.5, 0.6) is 0 Å². The van der Waals surface area contributed by atoms with Crippen LogP contribution < -0.4 is 10.7 Å². The Kier molecular flexibility index (Phi) is 4.79. The van der Waals surface area contributed by atoms with Gasteiger partial charge < -0.3 is 5.32 Å². The Hall–Kier alpha value is -2.27. The Bertz CT molecular complexity index is 623. The second-order valence-electron chi connectivity index (χ2n) is 4.35. The highest BCUT2D eigenvalue weighted by molar-refractivity contribution is 7.80. The summed E-state index contributed by atoms with van der Waals surface area (Å²) in [5, 5.41) is 7.68. The van der Waals surface area contributed by atoms with Gasteiger partial charge in [0.25, 0.3) is 0 Å². The van der Waals surface area contributed by atoms with E-state index in [0.29, 0.717) is 5.11 Å². The van der Waals surface area contributed by atoms with Gasteiger partial charge in [0.1, 0.15) is 0 Å². The van der Waals surface area contributed by atoms with E-state index in [-0.39, 0.29) is 0 Å². The molecule has 0 aliphatic heterocycles. The number of rotatable bonds is 3. The summed E-state index contributed by atoms with van der Waals surface area (Å²) in [6.45, 7) is 4.12. The summed E-state index contributed by atoms with van der Waals surface area (Å²) in [6, 6.07) is 9.79. The smallest absolute Gasteiger partial charge is 0.191 e. The van der Waals surface area contributed by atoms with Crippen molar-refractivity contribution >= 4 is 29.2 Å². The Morgan fingerprint density at radius 3 is 2.70 bits per heavy atom. The van der Waals surface area contributed by atoms with Crippen molar-refractivity contribution in [1.82, 2.24) is 10.4 Å². The highest BCUT2D eigenvalue weighted by Crippen LogP contribution is 2.17. The number of hydrogen-bond donors (Lipinski definition) is 2. The van der Waals surface area contributed by atoms with Gasteiger partial charge in [0, 0.05) is 18.1 Å². The molecular formula is C15H16N4S. The molecule has 2 rings (SSSR count). The van der Waals surface area contributed by atoms with Gasteiger partial charge in [-0.1, -0.05) is 12.1 Å². The molecule has 0 atom stereocenters. The van der Waals surface area contributed by atoms with Crippen molar-refractivity contribution in [2.75, 3.05) is 5.32 Å². The first-order valence-corrected chi connectivity index (χ1v) is 6.64. The maximum Gasteiger partial charge on any atom is 0.191 e. The van der Waals surface area contributed by atoms with Crippen LogP contribution in [0, 0.1) is 13.8 Å². The minimum Gasteiger partial charge on any atom is -0.331 e. The topological polar surface area (TPSA) is 49.3 Å². The molecule has 0 aliphatic rings. The van der Waals surface area contributed by atoms with E-state index in [9.17, 15) is 0 Å². The average Bonchev–Trinajstić information content (AvgIpc) is 2.45. The number of hydrogen-bond acceptors (Lipinski definition) is 3. The van der Waals surface area contributed by atoms with E-state index >= 15 is 0 Å². The summed E-state index contributed by atoms with van der Waals surface area (Å²) in [7, 11) is 0. The molecule has 0 unspecified atom stereocenters. The van der Waals surface area contributed by atoms with Gasteiger partial charge in [0.15, 0.2) is 5.11 Å². The molecule has 1 aromatic heterocycles. The van der Waals surface area contributed by atoms with Crippen molar-refractivity contribution in [2.24, 2.45) is 5.10 Å². The zero-order valence-electron chi connectivity index (χ0n) is 11.4. The number of thiocarbonyl (C=S) groups is 1. The third-order valence-electron chi connectivity index (χ3n) is 2.94. The summed E-state index contributed by atoms with van der Waals surface area (Å²) < 4.78 is 0. The van der Waals surface area contributed by atoms with Crippen LogP contribution in [0.4, 0.5) is 5.69 Å². The molecule has 102 valence electrons. The van der Waals surface area contributed by atoms with E-state index < -0.39 is 0 Å². The normalized spacial score (nSPS) is 10.5. The number of nitrogens with one attached hydrogen (secondary N) is 2. The lowest BCUT2D eigenvalue weighted by atomic mass is 10.1. The number of nitrogens with zero attached hydrogens (tertiary/aromatic N) is 2. The number of pyridine rings is 1. The van der Waals surface area contributed by atoms with Gasteiger partial charge in [0.05, 0.1) is 6.21 Å². The molecule has 20 heavy (non-hydrogen) atoms. The molecule has 1 heterocycles. The van der Waals surface area contributed by atoms with Gasteiger partial charge in [-0.15, -0.1) is 0 Å². The molecule has 0 saturated carbocycles. The second kappa shape index (κ2) is 6.77. The molecule has 0 aliphatic carbocycles. The fraction of sp³-hybridized carbons (Fsp3) is 0.133. The van der Waals surface area contributed by atoms with E-state index in [0.717, 1.165) is 11.3 Å². The van der Waals surface area contributed by atoms with Crippen LogP contribution in [-0.2, 0) is 0 Å². The molecule has 0 fully saturated rings. The maximum atomic E-state index is 5.21. The Morgan fingerprint density at radius 1 is 1.20 bits per heavy atom. The summed E-state index contributed by atoms with van der Waals surface area (Å²) >= 11 is 5.21. The third-order valence-corrected chi connectivity index (χ3v) is 3.13. The van der Waals surface area contributed by atoms with Crippen molar-refractivity contribution in [1.29, 1.82) is 0 Å². The van der Waals surface area contributed by atoms with E-state index in [2.05, 4.69) is 40.7 Å². The van der Waals surface area contributed by atoms with Crippen LogP contribution in [0.1, 0.15) is 16.7 Å². The highest BCUT2D eigenvalue weighted by atomic mass is 32.1. The number of aryl methyl sites for hydroxylation is 1. The van der Waals surface area contributed by atoms with Gasteiger partial charge >= 0.3 is 0 Å². The first kappa shape index (κ1) is 14.1. The molecule has 0 radical (unpaired) electrons. The quantitative estimate of drug-likeness (QED) is 0.517. The maximum absolute atomic E-state index is 5.21. The van der Waals surface area contributed by atoms with Crippen molar-refractivity contribution in [3.8, 4) is 0 Å². The van der Waals surface area contributed by atoms with E-state index in [1.54, 1.807) is 18.6 Å². The van der Waals surface area contributed by atoms with Crippen molar-refractivity contribution < 1.29 is 0 Å². The average molecular weight is 284 g/mol. The molecule has 5 heteroatoms. The fourth-order valence-corrected chi connectivity index (χ4v) is 1.81. The van der Waals surface area contributed by atoms with E-state index in [4.69, 9.17) is 12.2 Å². The van der Waals surface area contributed by atoms with Crippen LogP contribution in [0.3, 0.4) is 0 Å². The van der Waals surface area contributed by atoms with Crippen molar-refractivity contribution in [3.05, 3.63) is 59.4 Å². The van der Waals surface area contributed by atoms with Gasteiger partial charge in [-0.25, -0.2) is 0 Å². The number of aromatic nitrogens is 1. The first-order chi connectivity index (χ1) is 9.66. The van der Waals surface area contributed by atoms with Crippen molar-refractivity contribution in [2.45, 2.75) is 13.8 Å². The molecular weight excluding hydrogens is 268 g/mol. The lowest BCUT2D eigenvalue weighted by molar-refractivity contribution is 1.05. The number of hydrazone groups is 1. The van der Waals surface area contributed by atoms with Gasteiger partial charge in [-0.3, -0.25) is 10.4 Å². The minimum atomic E-state index is 0.462. The van der Waals surface area contributed by atoms with Gasteiger partial charge in [-0.2, -0.15) is 5.10 Å². The minimum absolute atomic E-state index is 0.462. The highest BCUT2D eigenvalue weighted by Gasteiger charge is 2.01. The summed E-state index contributed by atoms with van der Waals surface area (Å²) in [4.78, 5) is 3.94. The lowest BCUT2D eigenvalue weighted by Crippen LogP contribution is -2.24. The van der Waals surface area contributed by atoms with E-state index in [1.807, 2.05) is 24.3 Å². The zero-order chi connectivity index (χ0) is 14.4. The molecule has 4 nitrogen and oxygen atoms in total. The molecule has 2 N–H and O–H groups in total. The summed E-state index contributed by atoms with van der Waals surface area (Å²) in [6.07, 6.45) is 5.13. The molecule has 0 amide bonds. The van der Waals surface area contributed by atoms with Gasteiger partial charge in [0.2, 0.25) is 0 Å².